The largest absolute Gasteiger partial charge is 0.494 e. The number of rotatable bonds is 2. The molecule has 0 saturated carbocycles. The summed E-state index contributed by atoms with van der Waals surface area (Å²) < 4.78 is 132. The summed E-state index contributed by atoms with van der Waals surface area (Å²) in [5.74, 6) is 0. The Kier molecular flexibility index (Phi) is 9.08. The molecule has 1 amide bonds. The number of ether oxygens (including phenoxy) is 1. The number of hydrogen-bond acceptors (Lipinski definition) is 4. The van der Waals surface area contributed by atoms with Crippen molar-refractivity contribution in [2.45, 2.75) is 95.3 Å². The van der Waals surface area contributed by atoms with Gasteiger partial charge < -0.3 is 18.9 Å². The summed E-state index contributed by atoms with van der Waals surface area (Å²) in [4.78, 5) is 13.5. The predicted molar refractivity (Wildman–Crippen MR) is 142 cm³/mol. The third-order valence-electron chi connectivity index (χ3n) is 8.34. The zero-order valence-electron chi connectivity index (χ0n) is 24.3. The Balaban J connectivity index is 0.000000209. The maximum Gasteiger partial charge on any atom is 0.494 e. The Hall–Kier alpha value is -2.94. The fraction of sp³-hybridized carbons (Fsp3) is 0.552. The SMILES string of the molecule is CC1(C)OB(c2ccc(C(F)(F)F)cc2)OC1(C)C.O=C1OC(c2cc(C(F)(F)F)cc(C(F)(F)F)c2)CC2CCCCN12. The Morgan fingerprint density at radius 3 is 1.73 bits per heavy atom. The minimum absolute atomic E-state index is 0.0705. The van der Waals surface area contributed by atoms with Crippen molar-refractivity contribution in [3.63, 3.8) is 0 Å². The highest BCUT2D eigenvalue weighted by Gasteiger charge is 2.52. The average molecular weight is 639 g/mol. The summed E-state index contributed by atoms with van der Waals surface area (Å²) in [7, 11) is -0.632. The third kappa shape index (κ3) is 7.47. The van der Waals surface area contributed by atoms with E-state index >= 15 is 0 Å². The lowest BCUT2D eigenvalue weighted by Crippen LogP contribution is -2.49. The molecule has 0 bridgehead atoms. The van der Waals surface area contributed by atoms with Crippen molar-refractivity contribution < 1.29 is 58.4 Å². The van der Waals surface area contributed by atoms with Crippen LogP contribution in [-0.4, -0.2) is 41.9 Å². The van der Waals surface area contributed by atoms with E-state index in [-0.39, 0.29) is 24.1 Å². The molecule has 3 aliphatic rings. The number of amides is 1. The van der Waals surface area contributed by atoms with E-state index in [1.54, 1.807) is 0 Å². The van der Waals surface area contributed by atoms with Crippen LogP contribution in [-0.2, 0) is 32.6 Å². The number of carbonyl (C=O) groups is 1. The standard InChI is InChI=1S/C16H15F6NO2.C13H16BF3O2/c17-15(18,19)10-5-9(6-11(7-10)16(20,21)22)13-8-12-3-1-2-4-23(12)14(24)25-13;1-11(2)12(3,4)19-14(18-11)10-7-5-9(6-8-10)13(15,16)17/h5-7,12-13H,1-4,8H2;5-8H,1-4H3. The molecule has 3 heterocycles. The first-order valence-corrected chi connectivity index (χ1v) is 13.9. The van der Waals surface area contributed by atoms with Gasteiger partial charge in [-0.05, 0) is 76.2 Å². The van der Waals surface area contributed by atoms with Gasteiger partial charge in [-0.15, -0.1) is 0 Å². The van der Waals surface area contributed by atoms with E-state index in [1.807, 2.05) is 27.7 Å². The smallest absolute Gasteiger partial charge is 0.441 e. The number of hydrogen-bond donors (Lipinski definition) is 0. The summed E-state index contributed by atoms with van der Waals surface area (Å²) >= 11 is 0. The van der Waals surface area contributed by atoms with Crippen molar-refractivity contribution in [2.24, 2.45) is 0 Å². The first-order valence-electron chi connectivity index (χ1n) is 13.9. The first-order chi connectivity index (χ1) is 20.1. The molecule has 0 spiro atoms. The Labute approximate surface area is 248 Å². The van der Waals surface area contributed by atoms with Crippen LogP contribution in [0.15, 0.2) is 42.5 Å². The summed E-state index contributed by atoms with van der Waals surface area (Å²) in [6, 6.07) is 5.98. The number of fused-ring (bicyclic) bond motifs is 1. The molecule has 5 rings (SSSR count). The van der Waals surface area contributed by atoms with E-state index in [9.17, 15) is 44.3 Å². The second-order valence-corrected chi connectivity index (χ2v) is 12.0. The third-order valence-corrected chi connectivity index (χ3v) is 8.34. The lowest BCUT2D eigenvalue weighted by Gasteiger charge is -2.41. The highest BCUT2D eigenvalue weighted by atomic mass is 19.4. The normalized spacial score (nSPS) is 23.4. The van der Waals surface area contributed by atoms with Gasteiger partial charge in [0.1, 0.15) is 6.10 Å². The van der Waals surface area contributed by atoms with Crippen molar-refractivity contribution in [2.75, 3.05) is 6.54 Å². The molecule has 0 radical (unpaired) electrons. The zero-order chi connectivity index (χ0) is 32.9. The van der Waals surface area contributed by atoms with Crippen LogP contribution in [0.1, 0.15) is 81.7 Å². The van der Waals surface area contributed by atoms with Gasteiger partial charge in [0.25, 0.3) is 0 Å². The van der Waals surface area contributed by atoms with Crippen LogP contribution in [0.2, 0.25) is 0 Å². The highest BCUT2D eigenvalue weighted by Crippen LogP contribution is 2.41. The van der Waals surface area contributed by atoms with Gasteiger partial charge in [-0.25, -0.2) is 4.79 Å². The topological polar surface area (TPSA) is 48.0 Å². The van der Waals surface area contributed by atoms with Crippen molar-refractivity contribution >= 4 is 18.7 Å². The lowest BCUT2D eigenvalue weighted by molar-refractivity contribution is -0.143. The first kappa shape index (κ1) is 33.9. The van der Waals surface area contributed by atoms with E-state index in [4.69, 9.17) is 14.0 Å². The van der Waals surface area contributed by atoms with Gasteiger partial charge in [-0.2, -0.15) is 39.5 Å². The number of nitrogens with zero attached hydrogens (tertiary/aromatic N) is 1. The molecule has 2 atom stereocenters. The monoisotopic (exact) mass is 639 g/mol. The van der Waals surface area contributed by atoms with Crippen LogP contribution < -0.4 is 5.46 Å². The minimum Gasteiger partial charge on any atom is -0.441 e. The molecule has 2 unspecified atom stereocenters. The second-order valence-electron chi connectivity index (χ2n) is 12.0. The molecule has 2 aromatic rings. The summed E-state index contributed by atoms with van der Waals surface area (Å²) in [6.45, 7) is 8.09. The molecule has 3 fully saturated rings. The highest BCUT2D eigenvalue weighted by molar-refractivity contribution is 6.62. The van der Waals surface area contributed by atoms with Crippen molar-refractivity contribution in [1.29, 1.82) is 0 Å². The van der Waals surface area contributed by atoms with Crippen molar-refractivity contribution in [1.82, 2.24) is 4.90 Å². The van der Waals surface area contributed by atoms with E-state index in [2.05, 4.69) is 0 Å². The van der Waals surface area contributed by atoms with Gasteiger partial charge in [-0.3, -0.25) is 0 Å². The van der Waals surface area contributed by atoms with Gasteiger partial charge in [0, 0.05) is 19.0 Å². The van der Waals surface area contributed by atoms with Crippen LogP contribution in [0.5, 0.6) is 0 Å². The van der Waals surface area contributed by atoms with E-state index in [1.165, 1.54) is 17.0 Å². The number of carbonyl (C=O) groups excluding carboxylic acids is 1. The van der Waals surface area contributed by atoms with Gasteiger partial charge in [-0.1, -0.05) is 24.3 Å². The fourth-order valence-corrected chi connectivity index (χ4v) is 5.15. The predicted octanol–water partition coefficient (Wildman–Crippen LogP) is 8.16. The molecule has 0 N–H and O–H groups in total. The number of cyclic esters (lactones) is 1. The summed E-state index contributed by atoms with van der Waals surface area (Å²) in [5.41, 5.74) is -4.17. The van der Waals surface area contributed by atoms with Crippen LogP contribution in [0, 0.1) is 0 Å². The maximum atomic E-state index is 13.0. The number of halogens is 9. The molecule has 44 heavy (non-hydrogen) atoms. The van der Waals surface area contributed by atoms with E-state index in [0.717, 1.165) is 25.0 Å². The van der Waals surface area contributed by atoms with Gasteiger partial charge in [0.05, 0.1) is 27.9 Å². The molecule has 0 aliphatic carbocycles. The molecule has 15 heteroatoms. The quantitative estimate of drug-likeness (QED) is 0.246. The lowest BCUT2D eigenvalue weighted by atomic mass is 9.79. The second kappa shape index (κ2) is 11.8. The number of piperidine rings is 1. The fourth-order valence-electron chi connectivity index (χ4n) is 5.15. The van der Waals surface area contributed by atoms with Gasteiger partial charge in [0.15, 0.2) is 0 Å². The van der Waals surface area contributed by atoms with E-state index < -0.39 is 65.7 Å². The Morgan fingerprint density at radius 1 is 0.750 bits per heavy atom. The van der Waals surface area contributed by atoms with Crippen LogP contribution in [0.3, 0.4) is 0 Å². The van der Waals surface area contributed by atoms with Crippen LogP contribution >= 0.6 is 0 Å². The van der Waals surface area contributed by atoms with E-state index in [0.29, 0.717) is 30.6 Å². The van der Waals surface area contributed by atoms with Gasteiger partial charge in [0.2, 0.25) is 0 Å². The molecular weight excluding hydrogens is 608 g/mol. The zero-order valence-corrected chi connectivity index (χ0v) is 24.3. The number of alkyl halides is 9. The van der Waals surface area contributed by atoms with Crippen molar-refractivity contribution in [3.05, 3.63) is 64.7 Å². The Morgan fingerprint density at radius 2 is 1.25 bits per heavy atom. The number of benzene rings is 2. The molecule has 2 aromatic carbocycles. The molecule has 3 aliphatic heterocycles. The molecule has 5 nitrogen and oxygen atoms in total. The minimum atomic E-state index is -4.93. The van der Waals surface area contributed by atoms with Crippen LogP contribution in [0.25, 0.3) is 0 Å². The molecule has 242 valence electrons. The average Bonchev–Trinajstić information content (AvgIpc) is 3.14. The van der Waals surface area contributed by atoms with Crippen LogP contribution in [0.4, 0.5) is 44.3 Å². The molecule has 3 saturated heterocycles. The molecule has 0 aromatic heterocycles. The maximum absolute atomic E-state index is 13.0. The van der Waals surface area contributed by atoms with Crippen molar-refractivity contribution in [3.8, 4) is 0 Å². The summed E-state index contributed by atoms with van der Waals surface area (Å²) in [6.07, 6.45) is -13.5. The van der Waals surface area contributed by atoms with Gasteiger partial charge >= 0.3 is 31.7 Å². The Bertz CT molecular complexity index is 1290. The molecular formula is C29H31BF9NO4. The summed E-state index contributed by atoms with van der Waals surface area (Å²) in [5, 5.41) is 0.